The van der Waals surface area contributed by atoms with E-state index >= 15 is 0 Å². The normalized spacial score (nSPS) is 26.3. The van der Waals surface area contributed by atoms with Gasteiger partial charge in [0.25, 0.3) is 0 Å². The summed E-state index contributed by atoms with van der Waals surface area (Å²) in [5.41, 5.74) is 1.37. The molecule has 2 saturated carbocycles. The summed E-state index contributed by atoms with van der Waals surface area (Å²) in [5.74, 6) is 0.797. The summed E-state index contributed by atoms with van der Waals surface area (Å²) in [6, 6.07) is 7.88. The van der Waals surface area contributed by atoms with E-state index in [-0.39, 0.29) is 11.3 Å². The number of hydrogen-bond donors (Lipinski definition) is 0. The summed E-state index contributed by atoms with van der Waals surface area (Å²) >= 11 is 5.85. The molecule has 0 saturated heterocycles. The highest BCUT2D eigenvalue weighted by Crippen LogP contribution is 2.57. The molecule has 0 bridgehead atoms. The molecule has 1 aromatic carbocycles. The Bertz CT molecular complexity index is 417. The lowest BCUT2D eigenvalue weighted by Gasteiger charge is -2.09. The molecule has 0 heterocycles. The molecule has 0 radical (unpaired) electrons. The summed E-state index contributed by atoms with van der Waals surface area (Å²) in [7, 11) is 0. The smallest absolute Gasteiger partial charge is 0.142 e. The number of benzene rings is 1. The SMILES string of the molecule is O=C1C(Cc2ccc(Cl)cc2)CCC12CC2. The lowest BCUT2D eigenvalue weighted by Crippen LogP contribution is -2.16. The molecule has 1 unspecified atom stereocenters. The molecular weight excluding hydrogens is 220 g/mol. The van der Waals surface area contributed by atoms with Crippen molar-refractivity contribution in [3.8, 4) is 0 Å². The van der Waals surface area contributed by atoms with Crippen molar-refractivity contribution in [2.24, 2.45) is 11.3 Å². The first kappa shape index (κ1) is 10.3. The quantitative estimate of drug-likeness (QED) is 0.764. The zero-order chi connectivity index (χ0) is 11.2. The van der Waals surface area contributed by atoms with Crippen molar-refractivity contribution >= 4 is 17.4 Å². The van der Waals surface area contributed by atoms with E-state index in [9.17, 15) is 4.79 Å². The minimum atomic E-state index is 0.136. The minimum Gasteiger partial charge on any atom is -0.299 e. The summed E-state index contributed by atoms with van der Waals surface area (Å²) in [6.07, 6.45) is 5.40. The van der Waals surface area contributed by atoms with Crippen molar-refractivity contribution in [1.29, 1.82) is 0 Å². The van der Waals surface area contributed by atoms with Gasteiger partial charge >= 0.3 is 0 Å². The molecular formula is C14H15ClO. The first-order chi connectivity index (χ1) is 7.70. The molecule has 2 fully saturated rings. The zero-order valence-electron chi connectivity index (χ0n) is 9.21. The van der Waals surface area contributed by atoms with Crippen LogP contribution in [0.5, 0.6) is 0 Å². The maximum atomic E-state index is 12.1. The van der Waals surface area contributed by atoms with E-state index in [0.29, 0.717) is 5.78 Å². The van der Waals surface area contributed by atoms with Crippen LogP contribution in [0.25, 0.3) is 0 Å². The van der Waals surface area contributed by atoms with Crippen molar-refractivity contribution in [2.75, 3.05) is 0 Å². The number of ketones is 1. The van der Waals surface area contributed by atoms with Crippen LogP contribution in [0.4, 0.5) is 0 Å². The Morgan fingerprint density at radius 2 is 1.88 bits per heavy atom. The lowest BCUT2D eigenvalue weighted by atomic mass is 9.94. The third kappa shape index (κ3) is 1.67. The highest BCUT2D eigenvalue weighted by molar-refractivity contribution is 6.30. The number of carbonyl (C=O) groups excluding carboxylic acids is 1. The van der Waals surface area contributed by atoms with E-state index < -0.39 is 0 Å². The van der Waals surface area contributed by atoms with Gasteiger partial charge in [-0.15, -0.1) is 0 Å². The summed E-state index contributed by atoms with van der Waals surface area (Å²) in [4.78, 5) is 12.1. The monoisotopic (exact) mass is 234 g/mol. The highest BCUT2D eigenvalue weighted by atomic mass is 35.5. The average molecular weight is 235 g/mol. The third-order valence-electron chi connectivity index (χ3n) is 4.11. The van der Waals surface area contributed by atoms with E-state index in [4.69, 9.17) is 11.6 Å². The van der Waals surface area contributed by atoms with Crippen LogP contribution in [0.15, 0.2) is 24.3 Å². The van der Waals surface area contributed by atoms with Gasteiger partial charge in [0.05, 0.1) is 0 Å². The molecule has 16 heavy (non-hydrogen) atoms. The van der Waals surface area contributed by atoms with Crippen LogP contribution in [0.3, 0.4) is 0 Å². The zero-order valence-corrected chi connectivity index (χ0v) is 9.96. The van der Waals surface area contributed by atoms with E-state index in [2.05, 4.69) is 0 Å². The number of carbonyl (C=O) groups is 1. The Kier molecular flexibility index (Phi) is 2.32. The maximum Gasteiger partial charge on any atom is 0.142 e. The molecule has 3 rings (SSSR count). The summed E-state index contributed by atoms with van der Waals surface area (Å²) in [5, 5.41) is 0.764. The van der Waals surface area contributed by atoms with Crippen LogP contribution in [0.1, 0.15) is 31.2 Å². The second-order valence-electron chi connectivity index (χ2n) is 5.21. The molecule has 0 N–H and O–H groups in total. The van der Waals surface area contributed by atoms with Crippen molar-refractivity contribution < 1.29 is 4.79 Å². The third-order valence-corrected chi connectivity index (χ3v) is 4.37. The van der Waals surface area contributed by atoms with Gasteiger partial charge in [0.2, 0.25) is 0 Å². The maximum absolute atomic E-state index is 12.1. The lowest BCUT2D eigenvalue weighted by molar-refractivity contribution is -0.124. The molecule has 0 aromatic heterocycles. The predicted molar refractivity (Wildman–Crippen MR) is 64.6 cm³/mol. The summed E-state index contributed by atoms with van der Waals surface area (Å²) in [6.45, 7) is 0. The van der Waals surface area contributed by atoms with Gasteiger partial charge in [0.15, 0.2) is 0 Å². The second kappa shape index (κ2) is 3.59. The Labute approximate surface area is 101 Å². The molecule has 2 aliphatic rings. The Hall–Kier alpha value is -0.820. The molecule has 1 atom stereocenters. The molecule has 1 aromatic rings. The fourth-order valence-corrected chi connectivity index (χ4v) is 3.01. The van der Waals surface area contributed by atoms with Crippen molar-refractivity contribution in [3.63, 3.8) is 0 Å². The largest absolute Gasteiger partial charge is 0.299 e. The standard InChI is InChI=1S/C14H15ClO/c15-12-3-1-10(2-4-12)9-11-5-6-14(7-8-14)13(11)16/h1-4,11H,5-9H2. The molecule has 2 aliphatic carbocycles. The van der Waals surface area contributed by atoms with Gasteiger partial charge in [-0.1, -0.05) is 23.7 Å². The fourth-order valence-electron chi connectivity index (χ4n) is 2.88. The van der Waals surface area contributed by atoms with Crippen molar-refractivity contribution in [2.45, 2.75) is 32.1 Å². The Balaban J connectivity index is 1.71. The first-order valence-corrected chi connectivity index (χ1v) is 6.36. The van der Waals surface area contributed by atoms with Crippen LogP contribution in [-0.2, 0) is 11.2 Å². The van der Waals surface area contributed by atoms with Crippen LogP contribution < -0.4 is 0 Å². The van der Waals surface area contributed by atoms with E-state index in [1.807, 2.05) is 24.3 Å². The molecule has 0 amide bonds. The highest BCUT2D eigenvalue weighted by Gasteiger charge is 2.55. The van der Waals surface area contributed by atoms with Crippen LogP contribution in [-0.4, -0.2) is 5.78 Å². The number of rotatable bonds is 2. The average Bonchev–Trinajstić information content (AvgIpc) is 3.01. The van der Waals surface area contributed by atoms with Gasteiger partial charge < -0.3 is 0 Å². The van der Waals surface area contributed by atoms with Crippen LogP contribution in [0, 0.1) is 11.3 Å². The van der Waals surface area contributed by atoms with Gasteiger partial charge in [-0.25, -0.2) is 0 Å². The van der Waals surface area contributed by atoms with Crippen molar-refractivity contribution in [1.82, 2.24) is 0 Å². The number of halogens is 1. The molecule has 2 heteroatoms. The predicted octanol–water partition coefficient (Wildman–Crippen LogP) is 3.64. The molecule has 0 aliphatic heterocycles. The van der Waals surface area contributed by atoms with Gasteiger partial charge in [0, 0.05) is 16.4 Å². The van der Waals surface area contributed by atoms with Gasteiger partial charge in [0.1, 0.15) is 5.78 Å². The van der Waals surface area contributed by atoms with E-state index in [1.54, 1.807) is 0 Å². The summed E-state index contributed by atoms with van der Waals surface area (Å²) < 4.78 is 0. The topological polar surface area (TPSA) is 17.1 Å². The second-order valence-corrected chi connectivity index (χ2v) is 5.65. The molecule has 1 nitrogen and oxygen atoms in total. The van der Waals surface area contributed by atoms with Gasteiger partial charge in [-0.05, 0) is 49.8 Å². The fraction of sp³-hybridized carbons (Fsp3) is 0.500. The van der Waals surface area contributed by atoms with Gasteiger partial charge in [-0.2, -0.15) is 0 Å². The van der Waals surface area contributed by atoms with Crippen molar-refractivity contribution in [3.05, 3.63) is 34.9 Å². The van der Waals surface area contributed by atoms with E-state index in [0.717, 1.165) is 37.1 Å². The molecule has 1 spiro atoms. The Morgan fingerprint density at radius 1 is 1.19 bits per heavy atom. The van der Waals surface area contributed by atoms with Gasteiger partial charge in [-0.3, -0.25) is 4.79 Å². The minimum absolute atomic E-state index is 0.136. The van der Waals surface area contributed by atoms with Crippen LogP contribution in [0.2, 0.25) is 5.02 Å². The number of hydrogen-bond acceptors (Lipinski definition) is 1. The van der Waals surface area contributed by atoms with Crippen LogP contribution >= 0.6 is 11.6 Å². The Morgan fingerprint density at radius 3 is 2.44 bits per heavy atom. The number of Topliss-reactive ketones (excluding diaryl/α,β-unsaturated/α-hetero) is 1. The first-order valence-electron chi connectivity index (χ1n) is 5.98. The van der Waals surface area contributed by atoms with E-state index in [1.165, 1.54) is 5.56 Å². The molecule has 84 valence electrons.